The van der Waals surface area contributed by atoms with E-state index in [4.69, 9.17) is 9.84 Å². The molecule has 0 aliphatic heterocycles. The first kappa shape index (κ1) is 13.5. The number of carboxylic acid groups (broad SMARTS) is 1. The van der Waals surface area contributed by atoms with Crippen molar-refractivity contribution in [1.82, 2.24) is 5.32 Å². The maximum absolute atomic E-state index is 11.4. The van der Waals surface area contributed by atoms with E-state index in [1.807, 2.05) is 0 Å². The molecule has 1 rings (SSSR count). The van der Waals surface area contributed by atoms with E-state index in [0.717, 1.165) is 25.7 Å². The van der Waals surface area contributed by atoms with Gasteiger partial charge in [-0.2, -0.15) is 0 Å². The third-order valence-electron chi connectivity index (χ3n) is 3.00. The molecule has 0 unspecified atom stereocenters. The summed E-state index contributed by atoms with van der Waals surface area (Å²) in [5, 5.41) is 11.5. The highest BCUT2D eigenvalue weighted by molar-refractivity contribution is 5.71. The number of amides is 1. The Balaban J connectivity index is 2.47. The van der Waals surface area contributed by atoms with Crippen LogP contribution in [-0.4, -0.2) is 29.8 Å². The van der Waals surface area contributed by atoms with Crippen LogP contribution >= 0.6 is 0 Å². The molecule has 0 bridgehead atoms. The Morgan fingerprint density at radius 2 is 2.12 bits per heavy atom. The van der Waals surface area contributed by atoms with E-state index in [0.29, 0.717) is 0 Å². The molecule has 5 nitrogen and oxygen atoms in total. The number of aliphatic carboxylic acids is 1. The maximum atomic E-state index is 11.4. The molecule has 1 atom stereocenters. The van der Waals surface area contributed by atoms with E-state index < -0.39 is 12.1 Å². The van der Waals surface area contributed by atoms with Gasteiger partial charge in [-0.25, -0.2) is 4.79 Å². The van der Waals surface area contributed by atoms with Crippen molar-refractivity contribution < 1.29 is 19.4 Å². The summed E-state index contributed by atoms with van der Waals surface area (Å²) >= 11 is 0. The normalized spacial score (nSPS) is 17.4. The summed E-state index contributed by atoms with van der Waals surface area (Å²) in [5.74, 6) is -0.645. The van der Waals surface area contributed by atoms with Crippen molar-refractivity contribution in [3.8, 4) is 0 Å². The van der Waals surface area contributed by atoms with Gasteiger partial charge in [0.1, 0.15) is 6.61 Å². The van der Waals surface area contributed by atoms with Gasteiger partial charge in [0, 0.05) is 6.04 Å². The number of carboxylic acids is 1. The van der Waals surface area contributed by atoms with Gasteiger partial charge in [-0.15, -0.1) is 0 Å². The number of hydrogen-bond acceptors (Lipinski definition) is 3. The molecule has 2 N–H and O–H groups in total. The molecule has 0 spiro atoms. The largest absolute Gasteiger partial charge is 0.481 e. The molecule has 0 saturated heterocycles. The van der Waals surface area contributed by atoms with Crippen LogP contribution < -0.4 is 5.32 Å². The molecule has 0 radical (unpaired) electrons. The average Bonchev–Trinajstić information content (AvgIpc) is 2.78. The molecule has 96 valence electrons. The highest BCUT2D eigenvalue weighted by Gasteiger charge is 2.28. The summed E-state index contributed by atoms with van der Waals surface area (Å²) < 4.78 is 4.80. The van der Waals surface area contributed by atoms with Gasteiger partial charge in [0.15, 0.2) is 0 Å². The van der Waals surface area contributed by atoms with E-state index in [2.05, 4.69) is 11.9 Å². The van der Waals surface area contributed by atoms with E-state index in [-0.39, 0.29) is 25.0 Å². The van der Waals surface area contributed by atoms with Crippen molar-refractivity contribution in [3.05, 3.63) is 12.7 Å². The van der Waals surface area contributed by atoms with Crippen LogP contribution in [0.1, 0.15) is 32.1 Å². The predicted molar refractivity (Wildman–Crippen MR) is 62.7 cm³/mol. The SMILES string of the molecule is C=CCOC(=O)N[C@@H](CC(=O)O)C1CCCC1. The Labute approximate surface area is 101 Å². The van der Waals surface area contributed by atoms with Gasteiger partial charge in [0.25, 0.3) is 0 Å². The zero-order valence-electron chi connectivity index (χ0n) is 9.85. The van der Waals surface area contributed by atoms with Gasteiger partial charge in [0.05, 0.1) is 6.42 Å². The molecule has 5 heteroatoms. The Morgan fingerprint density at radius 1 is 1.47 bits per heavy atom. The number of alkyl carbamates (subject to hydrolysis) is 1. The van der Waals surface area contributed by atoms with Crippen LogP contribution in [0.15, 0.2) is 12.7 Å². The number of hydrogen-bond donors (Lipinski definition) is 2. The lowest BCUT2D eigenvalue weighted by Crippen LogP contribution is -2.41. The van der Waals surface area contributed by atoms with E-state index in [1.54, 1.807) is 0 Å². The lowest BCUT2D eigenvalue weighted by Gasteiger charge is -2.22. The molecule has 0 aromatic heterocycles. The molecular formula is C12H19NO4. The van der Waals surface area contributed by atoms with Crippen molar-refractivity contribution in [2.75, 3.05) is 6.61 Å². The highest BCUT2D eigenvalue weighted by atomic mass is 16.5. The van der Waals surface area contributed by atoms with E-state index in [1.165, 1.54) is 6.08 Å². The number of carbonyl (C=O) groups excluding carboxylic acids is 1. The van der Waals surface area contributed by atoms with Gasteiger partial charge < -0.3 is 15.2 Å². The fourth-order valence-corrected chi connectivity index (χ4v) is 2.21. The molecule has 0 aromatic rings. The van der Waals surface area contributed by atoms with Gasteiger partial charge in [-0.1, -0.05) is 25.5 Å². The summed E-state index contributed by atoms with van der Waals surface area (Å²) in [6, 6.07) is -0.327. The molecule has 1 aliphatic rings. The Hall–Kier alpha value is -1.52. The number of carbonyl (C=O) groups is 2. The van der Waals surface area contributed by atoms with Crippen LogP contribution in [0.2, 0.25) is 0 Å². The van der Waals surface area contributed by atoms with Crippen molar-refractivity contribution in [2.45, 2.75) is 38.1 Å². The first-order valence-electron chi connectivity index (χ1n) is 5.89. The van der Waals surface area contributed by atoms with E-state index in [9.17, 15) is 9.59 Å². The fraction of sp³-hybridized carbons (Fsp3) is 0.667. The Morgan fingerprint density at radius 3 is 2.65 bits per heavy atom. The van der Waals surface area contributed by atoms with Crippen LogP contribution in [0, 0.1) is 5.92 Å². The van der Waals surface area contributed by atoms with Gasteiger partial charge in [-0.05, 0) is 18.8 Å². The molecule has 17 heavy (non-hydrogen) atoms. The monoisotopic (exact) mass is 241 g/mol. The minimum atomic E-state index is -0.897. The molecular weight excluding hydrogens is 222 g/mol. The second-order valence-corrected chi connectivity index (χ2v) is 4.28. The van der Waals surface area contributed by atoms with Crippen LogP contribution in [0.3, 0.4) is 0 Å². The summed E-state index contributed by atoms with van der Waals surface area (Å²) in [7, 11) is 0. The standard InChI is InChI=1S/C12H19NO4/c1-2-7-17-12(16)13-10(8-11(14)15)9-5-3-4-6-9/h2,9-10H,1,3-8H2,(H,13,16)(H,14,15)/t10-/m0/s1. The molecule has 1 saturated carbocycles. The van der Waals surface area contributed by atoms with Gasteiger partial charge >= 0.3 is 12.1 Å². The zero-order chi connectivity index (χ0) is 12.7. The summed E-state index contributed by atoms with van der Waals surface area (Å²) in [6.07, 6.45) is 5.01. The summed E-state index contributed by atoms with van der Waals surface area (Å²) in [5.41, 5.74) is 0. The van der Waals surface area contributed by atoms with Crippen LogP contribution in [0.4, 0.5) is 4.79 Å². The second kappa shape index (κ2) is 6.93. The molecule has 1 amide bonds. The number of rotatable bonds is 6. The molecule has 0 heterocycles. The summed E-state index contributed by atoms with van der Waals surface area (Å²) in [6.45, 7) is 3.57. The van der Waals surface area contributed by atoms with Crippen molar-refractivity contribution in [3.63, 3.8) is 0 Å². The number of nitrogens with one attached hydrogen (secondary N) is 1. The van der Waals surface area contributed by atoms with Crippen molar-refractivity contribution >= 4 is 12.1 Å². The van der Waals surface area contributed by atoms with Crippen molar-refractivity contribution in [1.29, 1.82) is 0 Å². The lowest BCUT2D eigenvalue weighted by molar-refractivity contribution is -0.137. The maximum Gasteiger partial charge on any atom is 0.407 e. The molecule has 1 fully saturated rings. The third-order valence-corrected chi connectivity index (χ3v) is 3.00. The van der Waals surface area contributed by atoms with Crippen LogP contribution in [-0.2, 0) is 9.53 Å². The minimum absolute atomic E-state index is 0.0478. The van der Waals surface area contributed by atoms with Gasteiger partial charge in [-0.3, -0.25) is 4.79 Å². The zero-order valence-corrected chi connectivity index (χ0v) is 9.85. The van der Waals surface area contributed by atoms with Crippen LogP contribution in [0.25, 0.3) is 0 Å². The Kier molecular flexibility index (Phi) is 5.52. The van der Waals surface area contributed by atoms with E-state index >= 15 is 0 Å². The third kappa shape index (κ3) is 4.89. The second-order valence-electron chi connectivity index (χ2n) is 4.28. The average molecular weight is 241 g/mol. The summed E-state index contributed by atoms with van der Waals surface area (Å²) in [4.78, 5) is 22.1. The fourth-order valence-electron chi connectivity index (χ4n) is 2.21. The smallest absolute Gasteiger partial charge is 0.407 e. The minimum Gasteiger partial charge on any atom is -0.481 e. The van der Waals surface area contributed by atoms with Gasteiger partial charge in [0.2, 0.25) is 0 Å². The topological polar surface area (TPSA) is 75.6 Å². The van der Waals surface area contributed by atoms with Crippen molar-refractivity contribution in [2.24, 2.45) is 5.92 Å². The first-order valence-corrected chi connectivity index (χ1v) is 5.89. The highest BCUT2D eigenvalue weighted by Crippen LogP contribution is 2.29. The lowest BCUT2D eigenvalue weighted by atomic mass is 9.95. The quantitative estimate of drug-likeness (QED) is 0.697. The first-order chi connectivity index (χ1) is 8.13. The Bertz CT molecular complexity index is 284. The van der Waals surface area contributed by atoms with Crippen LogP contribution in [0.5, 0.6) is 0 Å². The molecule has 1 aliphatic carbocycles. The number of ether oxygens (including phenoxy) is 1. The molecule has 0 aromatic carbocycles. The predicted octanol–water partition coefficient (Wildman–Crippen LogP) is 1.93.